The molecule has 0 atom stereocenters. The molecule has 1 saturated carbocycles. The van der Waals surface area contributed by atoms with Crippen LogP contribution in [0.4, 0.5) is 5.82 Å². The minimum Gasteiger partial charge on any atom is -0.351 e. The fraction of sp³-hybridized carbons (Fsp3) is 0.692. The molecular formula is C13H22N4O. The average molecular weight is 250 g/mol. The molecule has 2 rings (SSSR count). The number of nitrogens with one attached hydrogen (secondary N) is 1. The lowest BCUT2D eigenvalue weighted by Crippen LogP contribution is -2.37. The van der Waals surface area contributed by atoms with Crippen LogP contribution in [0.5, 0.6) is 0 Å². The van der Waals surface area contributed by atoms with E-state index in [0.29, 0.717) is 11.9 Å². The maximum atomic E-state index is 12.3. The molecule has 0 amide bonds. The average Bonchev–Trinajstić information content (AvgIpc) is 3.20. The molecule has 0 spiro atoms. The summed E-state index contributed by atoms with van der Waals surface area (Å²) in [4.78, 5) is 18.6. The second-order valence-corrected chi connectivity index (χ2v) is 4.63. The highest BCUT2D eigenvalue weighted by Gasteiger charge is 2.26. The third kappa shape index (κ3) is 2.90. The maximum absolute atomic E-state index is 12.3. The molecule has 1 N–H and O–H groups in total. The zero-order valence-electron chi connectivity index (χ0n) is 11.2. The molecule has 100 valence electrons. The fourth-order valence-electron chi connectivity index (χ4n) is 2.08. The molecule has 1 heterocycles. The summed E-state index contributed by atoms with van der Waals surface area (Å²) in [5.41, 5.74) is 0.0540. The minimum atomic E-state index is 0.0540. The van der Waals surface area contributed by atoms with Crippen LogP contribution in [-0.4, -0.2) is 35.7 Å². The minimum absolute atomic E-state index is 0.0540. The summed E-state index contributed by atoms with van der Waals surface area (Å²) in [5, 5.41) is 3.27. The van der Waals surface area contributed by atoms with Crippen molar-refractivity contribution in [3.8, 4) is 0 Å². The number of likely N-dealkylation sites (N-methyl/N-ethyl adjacent to an activating group) is 2. The van der Waals surface area contributed by atoms with Crippen molar-refractivity contribution in [2.75, 3.05) is 31.1 Å². The molecule has 0 unspecified atom stereocenters. The van der Waals surface area contributed by atoms with Gasteiger partial charge in [-0.2, -0.15) is 0 Å². The Balaban J connectivity index is 2.14. The Hall–Kier alpha value is -1.36. The molecule has 0 bridgehead atoms. The lowest BCUT2D eigenvalue weighted by molar-refractivity contribution is 0.659. The topological polar surface area (TPSA) is 50.2 Å². The zero-order chi connectivity index (χ0) is 13.0. The highest BCUT2D eigenvalue weighted by molar-refractivity contribution is 5.35. The predicted octanol–water partition coefficient (Wildman–Crippen LogP) is 1.01. The lowest BCUT2D eigenvalue weighted by Gasteiger charge is -2.21. The van der Waals surface area contributed by atoms with E-state index in [1.165, 1.54) is 0 Å². The summed E-state index contributed by atoms with van der Waals surface area (Å²) < 4.78 is 1.83. The van der Waals surface area contributed by atoms with Gasteiger partial charge in [-0.15, -0.1) is 0 Å². The van der Waals surface area contributed by atoms with E-state index in [1.807, 2.05) is 15.7 Å². The highest BCUT2D eigenvalue weighted by atomic mass is 16.1. The first-order valence-corrected chi connectivity index (χ1v) is 6.80. The number of rotatable bonds is 7. The van der Waals surface area contributed by atoms with Gasteiger partial charge in [0.2, 0.25) is 0 Å². The van der Waals surface area contributed by atoms with Crippen molar-refractivity contribution in [1.29, 1.82) is 0 Å². The first kappa shape index (κ1) is 13.1. The number of hydrogen-bond acceptors (Lipinski definition) is 4. The second kappa shape index (κ2) is 6.00. The third-order valence-electron chi connectivity index (χ3n) is 3.28. The Morgan fingerprint density at radius 3 is 2.89 bits per heavy atom. The van der Waals surface area contributed by atoms with Gasteiger partial charge in [0, 0.05) is 38.1 Å². The van der Waals surface area contributed by atoms with Gasteiger partial charge in [-0.05, 0) is 26.3 Å². The van der Waals surface area contributed by atoms with Crippen LogP contribution in [0.15, 0.2) is 17.2 Å². The predicted molar refractivity (Wildman–Crippen MR) is 73.2 cm³/mol. The molecule has 0 saturated heterocycles. The lowest BCUT2D eigenvalue weighted by atomic mass is 10.4. The van der Waals surface area contributed by atoms with Crippen LogP contribution in [0.25, 0.3) is 0 Å². The Labute approximate surface area is 108 Å². The largest absolute Gasteiger partial charge is 0.351 e. The van der Waals surface area contributed by atoms with Crippen LogP contribution in [-0.2, 0) is 0 Å². The molecule has 1 aliphatic rings. The van der Waals surface area contributed by atoms with E-state index in [1.54, 1.807) is 6.20 Å². The summed E-state index contributed by atoms with van der Waals surface area (Å²) in [5.74, 6) is 0.588. The summed E-state index contributed by atoms with van der Waals surface area (Å²) in [6.45, 7) is 7.60. The van der Waals surface area contributed by atoms with Crippen LogP contribution in [0.1, 0.15) is 32.7 Å². The van der Waals surface area contributed by atoms with E-state index in [0.717, 1.165) is 39.0 Å². The van der Waals surface area contributed by atoms with Crippen molar-refractivity contribution in [3.05, 3.63) is 22.7 Å². The normalized spacial score (nSPS) is 14.8. The summed E-state index contributed by atoms with van der Waals surface area (Å²) in [7, 11) is 0. The maximum Gasteiger partial charge on any atom is 0.293 e. The summed E-state index contributed by atoms with van der Waals surface area (Å²) >= 11 is 0. The molecule has 0 aromatic carbocycles. The van der Waals surface area contributed by atoms with Crippen molar-refractivity contribution in [3.63, 3.8) is 0 Å². The molecular weight excluding hydrogens is 228 g/mol. The van der Waals surface area contributed by atoms with Crippen molar-refractivity contribution >= 4 is 5.82 Å². The Bertz CT molecular complexity index is 439. The van der Waals surface area contributed by atoms with Crippen LogP contribution < -0.4 is 15.8 Å². The Morgan fingerprint density at radius 2 is 2.28 bits per heavy atom. The van der Waals surface area contributed by atoms with E-state index >= 15 is 0 Å². The highest BCUT2D eigenvalue weighted by Crippen LogP contribution is 2.33. The van der Waals surface area contributed by atoms with Gasteiger partial charge >= 0.3 is 0 Å². The number of anilines is 1. The van der Waals surface area contributed by atoms with Crippen molar-refractivity contribution in [2.24, 2.45) is 0 Å². The van der Waals surface area contributed by atoms with Crippen LogP contribution >= 0.6 is 0 Å². The van der Waals surface area contributed by atoms with Crippen LogP contribution in [0, 0.1) is 0 Å². The molecule has 1 aliphatic carbocycles. The van der Waals surface area contributed by atoms with Crippen molar-refractivity contribution < 1.29 is 0 Å². The molecule has 5 heteroatoms. The van der Waals surface area contributed by atoms with Gasteiger partial charge in [0.05, 0.1) is 0 Å². The van der Waals surface area contributed by atoms with Gasteiger partial charge in [-0.25, -0.2) is 4.98 Å². The van der Waals surface area contributed by atoms with Gasteiger partial charge in [-0.1, -0.05) is 6.92 Å². The molecule has 0 radical (unpaired) electrons. The first-order valence-electron chi connectivity index (χ1n) is 6.80. The summed E-state index contributed by atoms with van der Waals surface area (Å²) in [6, 6.07) is 0.409. The molecule has 1 aromatic rings. The fourth-order valence-corrected chi connectivity index (χ4v) is 2.08. The van der Waals surface area contributed by atoms with Crippen molar-refractivity contribution in [2.45, 2.75) is 32.7 Å². The van der Waals surface area contributed by atoms with E-state index in [-0.39, 0.29) is 5.56 Å². The molecule has 0 aliphatic heterocycles. The molecule has 1 aromatic heterocycles. The SMILES string of the molecule is CCNCCN(CC)c1nccn(C2CC2)c1=O. The van der Waals surface area contributed by atoms with Gasteiger partial charge in [0.25, 0.3) is 5.56 Å². The van der Waals surface area contributed by atoms with E-state index in [9.17, 15) is 4.79 Å². The van der Waals surface area contributed by atoms with Gasteiger partial charge in [-0.3, -0.25) is 4.79 Å². The summed E-state index contributed by atoms with van der Waals surface area (Å²) in [6.07, 6.45) is 5.78. The number of nitrogens with zero attached hydrogens (tertiary/aromatic N) is 3. The molecule has 18 heavy (non-hydrogen) atoms. The van der Waals surface area contributed by atoms with Crippen LogP contribution in [0.2, 0.25) is 0 Å². The van der Waals surface area contributed by atoms with Gasteiger partial charge in [0.1, 0.15) is 0 Å². The standard InChI is InChI=1S/C13H22N4O/c1-3-14-7-9-16(4-2)12-13(18)17(10-8-15-12)11-5-6-11/h8,10-11,14H,3-7,9H2,1-2H3. The van der Waals surface area contributed by atoms with E-state index in [4.69, 9.17) is 0 Å². The van der Waals surface area contributed by atoms with E-state index < -0.39 is 0 Å². The number of aromatic nitrogens is 2. The number of hydrogen-bond donors (Lipinski definition) is 1. The molecule has 1 fully saturated rings. The zero-order valence-corrected chi connectivity index (χ0v) is 11.2. The van der Waals surface area contributed by atoms with Gasteiger partial charge in [0.15, 0.2) is 5.82 Å². The third-order valence-corrected chi connectivity index (χ3v) is 3.28. The quantitative estimate of drug-likeness (QED) is 0.734. The Morgan fingerprint density at radius 1 is 1.50 bits per heavy atom. The smallest absolute Gasteiger partial charge is 0.293 e. The van der Waals surface area contributed by atoms with Crippen LogP contribution in [0.3, 0.4) is 0 Å². The monoisotopic (exact) mass is 250 g/mol. The second-order valence-electron chi connectivity index (χ2n) is 4.63. The van der Waals surface area contributed by atoms with Crippen molar-refractivity contribution in [1.82, 2.24) is 14.9 Å². The molecule has 5 nitrogen and oxygen atoms in total. The first-order chi connectivity index (χ1) is 8.77. The van der Waals surface area contributed by atoms with E-state index in [2.05, 4.69) is 24.1 Å². The Kier molecular flexibility index (Phi) is 4.36. The van der Waals surface area contributed by atoms with Gasteiger partial charge < -0.3 is 14.8 Å².